The predicted molar refractivity (Wildman–Crippen MR) is 106 cm³/mol. The molecule has 0 aliphatic heterocycles. The van der Waals surface area contributed by atoms with Crippen LogP contribution in [0.1, 0.15) is 33.1 Å². The van der Waals surface area contributed by atoms with Crippen molar-refractivity contribution in [3.63, 3.8) is 0 Å². The highest BCUT2D eigenvalue weighted by Crippen LogP contribution is 2.26. The Hall–Kier alpha value is -1.98. The van der Waals surface area contributed by atoms with E-state index in [4.69, 9.17) is 27.9 Å². The van der Waals surface area contributed by atoms with Gasteiger partial charge in [-0.3, -0.25) is 9.59 Å². The summed E-state index contributed by atoms with van der Waals surface area (Å²) in [5.41, 5.74) is 1.62. The van der Waals surface area contributed by atoms with Crippen LogP contribution in [0.2, 0.25) is 10.0 Å². The number of carbonyl (C=O) groups is 2. The van der Waals surface area contributed by atoms with E-state index >= 15 is 0 Å². The third-order valence-corrected chi connectivity index (χ3v) is 4.29. The van der Waals surface area contributed by atoms with Crippen LogP contribution in [0.15, 0.2) is 42.1 Å². The molecular formula is C19H24Cl2N2O3. The zero-order chi connectivity index (χ0) is 19.5. The molecule has 0 aromatic heterocycles. The van der Waals surface area contributed by atoms with Gasteiger partial charge >= 0.3 is 0 Å². The highest BCUT2D eigenvalue weighted by Gasteiger charge is 2.06. The summed E-state index contributed by atoms with van der Waals surface area (Å²) < 4.78 is 5.34. The van der Waals surface area contributed by atoms with Crippen molar-refractivity contribution in [3.8, 4) is 5.75 Å². The van der Waals surface area contributed by atoms with Crippen LogP contribution >= 0.6 is 23.2 Å². The van der Waals surface area contributed by atoms with E-state index in [-0.39, 0.29) is 18.4 Å². The van der Waals surface area contributed by atoms with Gasteiger partial charge in [-0.15, -0.1) is 0 Å². The zero-order valence-corrected chi connectivity index (χ0v) is 16.5. The van der Waals surface area contributed by atoms with Gasteiger partial charge in [0.15, 0.2) is 6.61 Å². The molecule has 1 rings (SSSR count). The van der Waals surface area contributed by atoms with E-state index in [1.165, 1.54) is 0 Å². The first-order chi connectivity index (χ1) is 12.3. The zero-order valence-electron chi connectivity index (χ0n) is 15.0. The lowest BCUT2D eigenvalue weighted by atomic mass is 10.1. The fraction of sp³-hybridized carbons (Fsp3) is 0.368. The number of ether oxygens (including phenoxy) is 1. The summed E-state index contributed by atoms with van der Waals surface area (Å²) in [6.07, 6.45) is 3.71. The number of nitrogens with one attached hydrogen (secondary N) is 2. The predicted octanol–water partition coefficient (Wildman–Crippen LogP) is 4.25. The smallest absolute Gasteiger partial charge is 0.257 e. The molecule has 0 aliphatic carbocycles. The summed E-state index contributed by atoms with van der Waals surface area (Å²) in [6, 6.07) is 4.77. The molecule has 1 aromatic rings. The van der Waals surface area contributed by atoms with Crippen molar-refractivity contribution in [2.75, 3.05) is 13.2 Å². The molecule has 0 heterocycles. The van der Waals surface area contributed by atoms with Crippen molar-refractivity contribution in [3.05, 3.63) is 52.2 Å². The van der Waals surface area contributed by atoms with Gasteiger partial charge in [0.25, 0.3) is 5.91 Å². The van der Waals surface area contributed by atoms with Crippen LogP contribution in [-0.2, 0) is 9.59 Å². The van der Waals surface area contributed by atoms with Gasteiger partial charge in [-0.1, -0.05) is 49.2 Å². The molecule has 0 fully saturated rings. The first-order valence-corrected chi connectivity index (χ1v) is 9.14. The van der Waals surface area contributed by atoms with Gasteiger partial charge < -0.3 is 15.4 Å². The molecule has 0 saturated carbocycles. The van der Waals surface area contributed by atoms with Gasteiger partial charge in [0.2, 0.25) is 5.91 Å². The largest absolute Gasteiger partial charge is 0.484 e. The van der Waals surface area contributed by atoms with E-state index in [1.54, 1.807) is 24.3 Å². The lowest BCUT2D eigenvalue weighted by Gasteiger charge is -2.10. The Morgan fingerprint density at radius 2 is 1.88 bits per heavy atom. The average Bonchev–Trinajstić information content (AvgIpc) is 2.60. The Morgan fingerprint density at radius 3 is 2.50 bits per heavy atom. The molecule has 142 valence electrons. The lowest BCUT2D eigenvalue weighted by Crippen LogP contribution is -2.31. The van der Waals surface area contributed by atoms with E-state index in [0.29, 0.717) is 34.5 Å². The number of allylic oxidation sites excluding steroid dienone is 1. The second-order valence-electron chi connectivity index (χ2n) is 5.57. The number of carbonyl (C=O) groups excluding carboxylic acids is 2. The minimum absolute atomic E-state index is 0.143. The Labute approximate surface area is 164 Å². The number of benzene rings is 1. The first kappa shape index (κ1) is 22.1. The highest BCUT2D eigenvalue weighted by atomic mass is 35.5. The molecule has 5 nitrogen and oxygen atoms in total. The van der Waals surface area contributed by atoms with Crippen molar-refractivity contribution < 1.29 is 14.3 Å². The van der Waals surface area contributed by atoms with Gasteiger partial charge in [0.05, 0.1) is 10.0 Å². The molecular weight excluding hydrogens is 375 g/mol. The topological polar surface area (TPSA) is 67.4 Å². The van der Waals surface area contributed by atoms with E-state index in [9.17, 15) is 9.59 Å². The number of amides is 2. The molecule has 0 unspecified atom stereocenters. The maximum Gasteiger partial charge on any atom is 0.257 e. The molecule has 0 atom stereocenters. The SMILES string of the molecule is C=C(CCNC(=O)COc1ccc(Cl)c(Cl)c1)NC(=O)C=C(CC)CC. The molecule has 0 bridgehead atoms. The van der Waals surface area contributed by atoms with Crippen molar-refractivity contribution in [1.29, 1.82) is 0 Å². The number of hydrogen-bond donors (Lipinski definition) is 2. The Morgan fingerprint density at radius 1 is 1.19 bits per heavy atom. The third-order valence-electron chi connectivity index (χ3n) is 3.55. The normalized spacial score (nSPS) is 10.0. The standard InChI is InChI=1S/C19H24Cl2N2O3/c1-4-14(5-2)10-18(24)23-13(3)8-9-22-19(25)12-26-15-6-7-16(20)17(21)11-15/h6-7,10-11H,3-5,8-9,12H2,1-2H3,(H,22,25)(H,23,24). The maximum absolute atomic E-state index is 11.8. The van der Waals surface area contributed by atoms with Gasteiger partial charge in [-0.05, 0) is 25.0 Å². The highest BCUT2D eigenvalue weighted by molar-refractivity contribution is 6.42. The Bertz CT molecular complexity index is 681. The molecule has 1 aromatic carbocycles. The summed E-state index contributed by atoms with van der Waals surface area (Å²) in [7, 11) is 0. The van der Waals surface area contributed by atoms with Crippen molar-refractivity contribution in [2.45, 2.75) is 33.1 Å². The third kappa shape index (κ3) is 8.41. The van der Waals surface area contributed by atoms with Crippen LogP contribution < -0.4 is 15.4 Å². The summed E-state index contributed by atoms with van der Waals surface area (Å²) in [5, 5.41) is 6.18. The molecule has 0 saturated heterocycles. The lowest BCUT2D eigenvalue weighted by molar-refractivity contribution is -0.123. The minimum atomic E-state index is -0.283. The first-order valence-electron chi connectivity index (χ1n) is 8.38. The fourth-order valence-corrected chi connectivity index (χ4v) is 2.32. The van der Waals surface area contributed by atoms with Crippen molar-refractivity contribution in [1.82, 2.24) is 10.6 Å². The van der Waals surface area contributed by atoms with Crippen molar-refractivity contribution >= 4 is 35.0 Å². The van der Waals surface area contributed by atoms with E-state index in [1.807, 2.05) is 13.8 Å². The quantitative estimate of drug-likeness (QED) is 0.578. The van der Waals surface area contributed by atoms with Crippen LogP contribution in [0.25, 0.3) is 0 Å². The van der Waals surface area contributed by atoms with Crippen LogP contribution in [-0.4, -0.2) is 25.0 Å². The number of halogens is 2. The van der Waals surface area contributed by atoms with Gasteiger partial charge in [0.1, 0.15) is 5.75 Å². The maximum atomic E-state index is 11.8. The summed E-state index contributed by atoms with van der Waals surface area (Å²) in [6.45, 7) is 8.01. The molecule has 26 heavy (non-hydrogen) atoms. The van der Waals surface area contributed by atoms with Gasteiger partial charge in [-0.25, -0.2) is 0 Å². The number of hydrogen-bond acceptors (Lipinski definition) is 3. The summed E-state index contributed by atoms with van der Waals surface area (Å²) >= 11 is 11.7. The monoisotopic (exact) mass is 398 g/mol. The number of rotatable bonds is 10. The van der Waals surface area contributed by atoms with E-state index in [0.717, 1.165) is 18.4 Å². The Balaban J connectivity index is 2.28. The Kier molecular flexibility index (Phi) is 9.84. The van der Waals surface area contributed by atoms with Crippen LogP contribution in [0, 0.1) is 0 Å². The molecule has 7 heteroatoms. The molecule has 2 amide bonds. The van der Waals surface area contributed by atoms with Crippen LogP contribution in [0.3, 0.4) is 0 Å². The minimum Gasteiger partial charge on any atom is -0.484 e. The van der Waals surface area contributed by atoms with E-state index < -0.39 is 0 Å². The van der Waals surface area contributed by atoms with Crippen LogP contribution in [0.5, 0.6) is 5.75 Å². The van der Waals surface area contributed by atoms with E-state index in [2.05, 4.69) is 17.2 Å². The summed E-state index contributed by atoms with van der Waals surface area (Å²) in [5.74, 6) is -0.0158. The van der Waals surface area contributed by atoms with Gasteiger partial charge in [0, 0.05) is 30.8 Å². The second kappa shape index (κ2) is 11.6. The molecule has 0 spiro atoms. The van der Waals surface area contributed by atoms with Crippen LogP contribution in [0.4, 0.5) is 0 Å². The molecule has 2 N–H and O–H groups in total. The second-order valence-corrected chi connectivity index (χ2v) is 6.38. The molecule has 0 radical (unpaired) electrons. The molecule has 0 aliphatic rings. The fourth-order valence-electron chi connectivity index (χ4n) is 2.03. The van der Waals surface area contributed by atoms with Gasteiger partial charge in [-0.2, -0.15) is 0 Å². The van der Waals surface area contributed by atoms with Crippen molar-refractivity contribution in [2.24, 2.45) is 0 Å². The average molecular weight is 399 g/mol. The summed E-state index contributed by atoms with van der Waals surface area (Å²) in [4.78, 5) is 23.6.